The Kier molecular flexibility index (Phi) is 5.06. The molecule has 28 heavy (non-hydrogen) atoms. The Morgan fingerprint density at radius 1 is 1.18 bits per heavy atom. The van der Waals surface area contributed by atoms with Crippen molar-refractivity contribution in [2.24, 2.45) is 0 Å². The van der Waals surface area contributed by atoms with E-state index in [1.165, 1.54) is 4.68 Å². The van der Waals surface area contributed by atoms with Gasteiger partial charge < -0.3 is 4.90 Å². The molecule has 4 rings (SSSR count). The number of aromatic nitrogens is 2. The predicted molar refractivity (Wildman–Crippen MR) is 113 cm³/mol. The summed E-state index contributed by atoms with van der Waals surface area (Å²) in [6.45, 7) is 4.33. The summed E-state index contributed by atoms with van der Waals surface area (Å²) in [6, 6.07) is 15.4. The molecule has 0 saturated heterocycles. The second kappa shape index (κ2) is 7.51. The van der Waals surface area contributed by atoms with Gasteiger partial charge in [-0.1, -0.05) is 46.3 Å². The first kappa shape index (κ1) is 18.9. The van der Waals surface area contributed by atoms with Crippen LogP contribution in [0.2, 0.25) is 0 Å². The largest absolute Gasteiger partial charge is 0.330 e. The number of carbonyl (C=O) groups is 1. The van der Waals surface area contributed by atoms with Crippen LogP contribution in [0.5, 0.6) is 0 Å². The molecule has 0 spiro atoms. The van der Waals surface area contributed by atoms with Crippen LogP contribution >= 0.6 is 15.9 Å². The van der Waals surface area contributed by atoms with Gasteiger partial charge in [-0.05, 0) is 50.5 Å². The first-order chi connectivity index (χ1) is 13.5. The third kappa shape index (κ3) is 3.61. The van der Waals surface area contributed by atoms with Crippen molar-refractivity contribution in [1.29, 1.82) is 0 Å². The van der Waals surface area contributed by atoms with E-state index in [9.17, 15) is 9.59 Å². The van der Waals surface area contributed by atoms with Gasteiger partial charge in [-0.2, -0.15) is 5.10 Å². The molecule has 0 unspecified atom stereocenters. The lowest BCUT2D eigenvalue weighted by Gasteiger charge is -2.23. The van der Waals surface area contributed by atoms with Crippen LogP contribution in [0, 0.1) is 0 Å². The van der Waals surface area contributed by atoms with E-state index in [-0.39, 0.29) is 23.6 Å². The highest BCUT2D eigenvalue weighted by atomic mass is 79.9. The highest BCUT2D eigenvalue weighted by Gasteiger charge is 2.35. The summed E-state index contributed by atoms with van der Waals surface area (Å²) in [5.41, 5.74) is 1.26. The Morgan fingerprint density at radius 2 is 1.89 bits per heavy atom. The highest BCUT2D eigenvalue weighted by Crippen LogP contribution is 2.31. The van der Waals surface area contributed by atoms with E-state index >= 15 is 0 Å². The van der Waals surface area contributed by atoms with Gasteiger partial charge in [0.1, 0.15) is 0 Å². The van der Waals surface area contributed by atoms with E-state index < -0.39 is 0 Å². The third-order valence-corrected chi connectivity index (χ3v) is 5.50. The molecule has 6 heteroatoms. The Balaban J connectivity index is 1.80. The number of halogens is 1. The number of fused-ring (bicyclic) bond motifs is 1. The molecule has 1 aliphatic carbocycles. The van der Waals surface area contributed by atoms with Crippen molar-refractivity contribution in [2.45, 2.75) is 45.3 Å². The zero-order chi connectivity index (χ0) is 19.8. The van der Waals surface area contributed by atoms with Gasteiger partial charge in [-0.3, -0.25) is 9.59 Å². The van der Waals surface area contributed by atoms with Gasteiger partial charge in [-0.25, -0.2) is 4.68 Å². The van der Waals surface area contributed by atoms with Gasteiger partial charge in [0.25, 0.3) is 11.5 Å². The van der Waals surface area contributed by atoms with E-state index in [4.69, 9.17) is 0 Å². The molecule has 5 nitrogen and oxygen atoms in total. The maximum absolute atomic E-state index is 13.6. The number of carbonyl (C=O) groups excluding carboxylic acids is 1. The van der Waals surface area contributed by atoms with Gasteiger partial charge in [0.05, 0.1) is 11.4 Å². The van der Waals surface area contributed by atoms with Crippen molar-refractivity contribution in [2.75, 3.05) is 0 Å². The minimum atomic E-state index is -0.160. The van der Waals surface area contributed by atoms with Crippen LogP contribution < -0.4 is 5.56 Å². The normalized spacial score (nSPS) is 13.9. The highest BCUT2D eigenvalue weighted by molar-refractivity contribution is 9.10. The molecule has 0 radical (unpaired) electrons. The summed E-state index contributed by atoms with van der Waals surface area (Å²) in [5, 5.41) is 5.65. The molecule has 0 bridgehead atoms. The van der Waals surface area contributed by atoms with Crippen molar-refractivity contribution in [3.8, 4) is 0 Å². The lowest BCUT2D eigenvalue weighted by atomic mass is 10.1. The summed E-state index contributed by atoms with van der Waals surface area (Å²) < 4.78 is 2.41. The van der Waals surface area contributed by atoms with Crippen molar-refractivity contribution >= 4 is 32.6 Å². The van der Waals surface area contributed by atoms with E-state index in [2.05, 4.69) is 21.0 Å². The number of hydrogen-bond acceptors (Lipinski definition) is 3. The molecule has 0 aliphatic heterocycles. The van der Waals surface area contributed by atoms with Crippen molar-refractivity contribution in [3.05, 3.63) is 74.6 Å². The molecule has 3 aromatic rings. The third-order valence-electron chi connectivity index (χ3n) is 5.01. The van der Waals surface area contributed by atoms with E-state index in [1.807, 2.05) is 61.2 Å². The van der Waals surface area contributed by atoms with Crippen LogP contribution in [-0.4, -0.2) is 26.6 Å². The van der Waals surface area contributed by atoms with Gasteiger partial charge in [0, 0.05) is 22.4 Å². The maximum Gasteiger partial charge on any atom is 0.275 e. The van der Waals surface area contributed by atoms with Crippen molar-refractivity contribution < 1.29 is 4.79 Å². The number of nitrogens with zero attached hydrogens (tertiary/aromatic N) is 3. The number of benzene rings is 2. The van der Waals surface area contributed by atoms with Crippen LogP contribution in [-0.2, 0) is 6.54 Å². The Labute approximate surface area is 172 Å². The van der Waals surface area contributed by atoms with Crippen LogP contribution in [0.25, 0.3) is 10.8 Å². The Morgan fingerprint density at radius 3 is 2.54 bits per heavy atom. The minimum Gasteiger partial charge on any atom is -0.330 e. The van der Waals surface area contributed by atoms with Crippen molar-refractivity contribution in [3.63, 3.8) is 0 Å². The molecular weight excluding hydrogens is 418 g/mol. The van der Waals surface area contributed by atoms with E-state index in [1.54, 1.807) is 6.07 Å². The van der Waals surface area contributed by atoms with Gasteiger partial charge in [-0.15, -0.1) is 0 Å². The lowest BCUT2D eigenvalue weighted by molar-refractivity contribution is 0.0723. The fourth-order valence-corrected chi connectivity index (χ4v) is 3.88. The average Bonchev–Trinajstić information content (AvgIpc) is 3.51. The van der Waals surface area contributed by atoms with Crippen LogP contribution in [0.4, 0.5) is 0 Å². The summed E-state index contributed by atoms with van der Waals surface area (Å²) >= 11 is 3.50. The number of rotatable bonds is 5. The predicted octanol–water partition coefficient (Wildman–Crippen LogP) is 4.54. The fraction of sp³-hybridized carbons (Fsp3) is 0.318. The van der Waals surface area contributed by atoms with Crippen LogP contribution in [0.3, 0.4) is 0 Å². The lowest BCUT2D eigenvalue weighted by Crippen LogP contribution is -2.36. The molecule has 1 amide bonds. The van der Waals surface area contributed by atoms with E-state index in [0.717, 1.165) is 22.9 Å². The average molecular weight is 440 g/mol. The fourth-order valence-electron chi connectivity index (χ4n) is 3.44. The van der Waals surface area contributed by atoms with Gasteiger partial charge in [0.2, 0.25) is 0 Å². The standard InChI is InChI=1S/C22H22BrN3O2/c1-14(2)26-21(27)19-9-4-3-8-18(19)20(24-26)22(28)25(17-10-11-17)13-15-6-5-7-16(23)12-15/h3-9,12,14,17H,10-11,13H2,1-2H3. The second-order valence-corrected chi connectivity index (χ2v) is 8.45. The van der Waals surface area contributed by atoms with E-state index in [0.29, 0.717) is 23.0 Å². The second-order valence-electron chi connectivity index (χ2n) is 7.53. The van der Waals surface area contributed by atoms with Crippen molar-refractivity contribution in [1.82, 2.24) is 14.7 Å². The zero-order valence-electron chi connectivity index (χ0n) is 15.9. The smallest absolute Gasteiger partial charge is 0.275 e. The summed E-state index contributed by atoms with van der Waals surface area (Å²) in [4.78, 5) is 28.2. The van der Waals surface area contributed by atoms with Gasteiger partial charge >= 0.3 is 0 Å². The van der Waals surface area contributed by atoms with Crippen LogP contribution in [0.1, 0.15) is 48.8 Å². The Hall–Kier alpha value is -2.47. The molecule has 1 heterocycles. The summed E-state index contributed by atoms with van der Waals surface area (Å²) in [6.07, 6.45) is 2.00. The summed E-state index contributed by atoms with van der Waals surface area (Å²) in [7, 11) is 0. The maximum atomic E-state index is 13.6. The molecule has 144 valence electrons. The summed E-state index contributed by atoms with van der Waals surface area (Å²) in [5.74, 6) is -0.118. The number of hydrogen-bond donors (Lipinski definition) is 0. The molecule has 1 aromatic heterocycles. The molecule has 1 aliphatic rings. The Bertz CT molecular complexity index is 1100. The quantitative estimate of drug-likeness (QED) is 0.585. The first-order valence-electron chi connectivity index (χ1n) is 9.52. The molecule has 1 saturated carbocycles. The minimum absolute atomic E-state index is 0.118. The molecule has 1 fully saturated rings. The SMILES string of the molecule is CC(C)n1nc(C(=O)N(Cc2cccc(Br)c2)C2CC2)c2ccccc2c1=O. The topological polar surface area (TPSA) is 55.2 Å². The number of amides is 1. The molecular formula is C22H22BrN3O2. The zero-order valence-corrected chi connectivity index (χ0v) is 17.5. The first-order valence-corrected chi connectivity index (χ1v) is 10.3. The molecule has 0 N–H and O–H groups in total. The van der Waals surface area contributed by atoms with Gasteiger partial charge in [0.15, 0.2) is 5.69 Å². The molecule has 0 atom stereocenters. The molecule has 2 aromatic carbocycles. The van der Waals surface area contributed by atoms with Crippen LogP contribution in [0.15, 0.2) is 57.8 Å². The monoisotopic (exact) mass is 439 g/mol.